The lowest BCUT2D eigenvalue weighted by molar-refractivity contribution is -0.384. The largest absolute Gasteiger partial charge is 0.493 e. The zero-order valence-electron chi connectivity index (χ0n) is 13.9. The normalized spacial score (nSPS) is 15.0. The molecule has 3 rings (SSSR count). The summed E-state index contributed by atoms with van der Waals surface area (Å²) >= 11 is 0. The Kier molecular flexibility index (Phi) is 5.48. The van der Waals surface area contributed by atoms with E-state index in [2.05, 4.69) is 10.1 Å². The molecule has 0 radical (unpaired) electrons. The Hall–Kier alpha value is -2.39. The lowest BCUT2D eigenvalue weighted by atomic mass is 9.77. The van der Waals surface area contributed by atoms with Gasteiger partial charge >= 0.3 is 0 Å². The summed E-state index contributed by atoms with van der Waals surface area (Å²) in [6.45, 7) is 2.19. The van der Waals surface area contributed by atoms with Crippen LogP contribution >= 0.6 is 12.4 Å². The molecular formula is C15H19ClN4O5. The molecule has 2 N–H and O–H groups in total. The van der Waals surface area contributed by atoms with Crippen LogP contribution in [0.2, 0.25) is 0 Å². The van der Waals surface area contributed by atoms with E-state index >= 15 is 0 Å². The molecule has 0 saturated heterocycles. The molecular weight excluding hydrogens is 352 g/mol. The summed E-state index contributed by atoms with van der Waals surface area (Å²) in [6.07, 6.45) is 2.53. The first-order chi connectivity index (χ1) is 11.5. The molecule has 1 aliphatic carbocycles. The van der Waals surface area contributed by atoms with Crippen molar-refractivity contribution in [3.8, 4) is 23.0 Å². The van der Waals surface area contributed by atoms with Gasteiger partial charge in [-0.05, 0) is 26.2 Å². The van der Waals surface area contributed by atoms with Crippen LogP contribution in [0.3, 0.4) is 0 Å². The Morgan fingerprint density at radius 2 is 2.12 bits per heavy atom. The first-order valence-corrected chi connectivity index (χ1v) is 7.61. The maximum absolute atomic E-state index is 11.4. The molecule has 1 aromatic carbocycles. The number of methoxy groups -OCH3 is 1. The average molecular weight is 371 g/mol. The highest BCUT2D eigenvalue weighted by Crippen LogP contribution is 2.41. The maximum Gasteiger partial charge on any atom is 0.286 e. The summed E-state index contributed by atoms with van der Waals surface area (Å²) in [6, 6.07) is 2.76. The molecule has 1 fully saturated rings. The van der Waals surface area contributed by atoms with Crippen molar-refractivity contribution in [3.63, 3.8) is 0 Å². The van der Waals surface area contributed by atoms with Crippen molar-refractivity contribution in [2.45, 2.75) is 31.7 Å². The van der Waals surface area contributed by atoms with Crippen LogP contribution in [0, 0.1) is 10.1 Å². The second kappa shape index (κ2) is 7.24. The van der Waals surface area contributed by atoms with Crippen LogP contribution < -0.4 is 15.2 Å². The number of nitro benzene ring substituents is 1. The zero-order valence-corrected chi connectivity index (χ0v) is 14.7. The third-order valence-electron chi connectivity index (χ3n) is 4.13. The van der Waals surface area contributed by atoms with Gasteiger partial charge in [0.05, 0.1) is 30.2 Å². The van der Waals surface area contributed by atoms with Gasteiger partial charge in [-0.15, -0.1) is 12.4 Å². The van der Waals surface area contributed by atoms with Gasteiger partial charge in [-0.1, -0.05) is 5.16 Å². The van der Waals surface area contributed by atoms with Gasteiger partial charge in [-0.3, -0.25) is 10.1 Å². The van der Waals surface area contributed by atoms with Gasteiger partial charge in [0.2, 0.25) is 0 Å². The van der Waals surface area contributed by atoms with E-state index < -0.39 is 10.5 Å². The average Bonchev–Trinajstić information content (AvgIpc) is 3.02. The Morgan fingerprint density at radius 3 is 2.64 bits per heavy atom. The summed E-state index contributed by atoms with van der Waals surface area (Å²) in [4.78, 5) is 15.1. The Morgan fingerprint density at radius 1 is 1.40 bits per heavy atom. The number of ether oxygens (including phenoxy) is 2. The van der Waals surface area contributed by atoms with E-state index in [1.165, 1.54) is 19.2 Å². The minimum atomic E-state index is -0.605. The molecule has 0 unspecified atom stereocenters. The fourth-order valence-corrected chi connectivity index (χ4v) is 2.62. The Labute approximate surface area is 150 Å². The van der Waals surface area contributed by atoms with E-state index in [-0.39, 0.29) is 35.3 Å². The first-order valence-electron chi connectivity index (χ1n) is 7.61. The fraction of sp³-hybridized carbons (Fsp3) is 0.467. The number of nitro groups is 1. The molecule has 10 heteroatoms. The van der Waals surface area contributed by atoms with Crippen LogP contribution in [-0.4, -0.2) is 28.8 Å². The quantitative estimate of drug-likeness (QED) is 0.607. The summed E-state index contributed by atoms with van der Waals surface area (Å²) in [5, 5.41) is 15.3. The van der Waals surface area contributed by atoms with Gasteiger partial charge in [0.15, 0.2) is 17.3 Å². The molecule has 1 aliphatic rings. The minimum Gasteiger partial charge on any atom is -0.493 e. The molecule has 0 bridgehead atoms. The second-order valence-electron chi connectivity index (χ2n) is 5.64. The highest BCUT2D eigenvalue weighted by Gasteiger charge is 2.39. The number of aromatic nitrogens is 2. The zero-order chi connectivity index (χ0) is 17.3. The monoisotopic (exact) mass is 370 g/mol. The molecule has 2 aromatic rings. The van der Waals surface area contributed by atoms with Crippen LogP contribution in [0.15, 0.2) is 16.7 Å². The van der Waals surface area contributed by atoms with E-state index in [1.54, 1.807) is 6.92 Å². The molecule has 1 saturated carbocycles. The van der Waals surface area contributed by atoms with E-state index in [0.717, 1.165) is 19.3 Å². The van der Waals surface area contributed by atoms with Crippen LogP contribution in [0.5, 0.6) is 11.5 Å². The number of nitrogens with two attached hydrogens (primary N) is 1. The van der Waals surface area contributed by atoms with Gasteiger partial charge < -0.3 is 19.7 Å². The second-order valence-corrected chi connectivity index (χ2v) is 5.64. The third-order valence-corrected chi connectivity index (χ3v) is 4.13. The maximum atomic E-state index is 11.4. The molecule has 136 valence electrons. The number of hydrogen-bond donors (Lipinski definition) is 1. The van der Waals surface area contributed by atoms with Crippen LogP contribution in [0.4, 0.5) is 5.69 Å². The Bertz CT molecular complexity index is 775. The number of hydrogen-bond acceptors (Lipinski definition) is 8. The van der Waals surface area contributed by atoms with Crippen molar-refractivity contribution in [1.82, 2.24) is 10.1 Å². The van der Waals surface area contributed by atoms with Crippen molar-refractivity contribution in [2.75, 3.05) is 13.7 Å². The molecule has 0 atom stereocenters. The molecule has 1 aromatic heterocycles. The molecule has 0 spiro atoms. The molecule has 0 amide bonds. The van der Waals surface area contributed by atoms with Gasteiger partial charge in [0.1, 0.15) is 5.56 Å². The van der Waals surface area contributed by atoms with Crippen molar-refractivity contribution in [3.05, 3.63) is 28.1 Å². The van der Waals surface area contributed by atoms with Gasteiger partial charge in [-0.2, -0.15) is 4.98 Å². The molecule has 25 heavy (non-hydrogen) atoms. The van der Waals surface area contributed by atoms with Crippen LogP contribution in [0.1, 0.15) is 32.0 Å². The van der Waals surface area contributed by atoms with Crippen LogP contribution in [-0.2, 0) is 5.54 Å². The lowest BCUT2D eigenvalue weighted by Crippen LogP contribution is -2.44. The van der Waals surface area contributed by atoms with Gasteiger partial charge in [0, 0.05) is 6.07 Å². The summed E-state index contributed by atoms with van der Waals surface area (Å²) in [7, 11) is 1.42. The van der Waals surface area contributed by atoms with Crippen molar-refractivity contribution < 1.29 is 18.9 Å². The number of halogens is 1. The number of rotatable bonds is 6. The fourth-order valence-electron chi connectivity index (χ4n) is 2.62. The third kappa shape index (κ3) is 3.38. The van der Waals surface area contributed by atoms with E-state index in [4.69, 9.17) is 19.7 Å². The van der Waals surface area contributed by atoms with E-state index in [9.17, 15) is 10.1 Å². The molecule has 0 aliphatic heterocycles. The smallest absolute Gasteiger partial charge is 0.286 e. The molecule has 9 nitrogen and oxygen atoms in total. The van der Waals surface area contributed by atoms with E-state index in [0.29, 0.717) is 18.2 Å². The first kappa shape index (κ1) is 18.9. The van der Waals surface area contributed by atoms with Crippen molar-refractivity contribution in [1.29, 1.82) is 0 Å². The highest BCUT2D eigenvalue weighted by molar-refractivity contribution is 5.85. The summed E-state index contributed by atoms with van der Waals surface area (Å²) in [5.74, 6) is 1.04. The SMILES string of the molecule is CCOc1cc(-c2nc(C3(N)CCC3)no2)c([N+](=O)[O-])cc1OC.Cl. The topological polar surface area (TPSA) is 127 Å². The standard InChI is InChI=1S/C15H18N4O5.ClH/c1-3-23-12-7-9(10(19(20)21)8-11(12)22-2)13-17-14(18-24-13)15(16)5-4-6-15;/h7-8H,3-6,16H2,1-2H3;1H. The van der Waals surface area contributed by atoms with E-state index in [1.807, 2.05) is 0 Å². The predicted octanol–water partition coefficient (Wildman–Crippen LogP) is 2.81. The number of nitrogens with zero attached hydrogens (tertiary/aromatic N) is 3. The summed E-state index contributed by atoms with van der Waals surface area (Å²) < 4.78 is 15.8. The summed E-state index contributed by atoms with van der Waals surface area (Å²) in [5.41, 5.74) is 5.54. The lowest BCUT2D eigenvalue weighted by Gasteiger charge is -2.34. The van der Waals surface area contributed by atoms with Crippen LogP contribution in [0.25, 0.3) is 11.5 Å². The van der Waals surface area contributed by atoms with Gasteiger partial charge in [0.25, 0.3) is 11.6 Å². The molecule has 1 heterocycles. The highest BCUT2D eigenvalue weighted by atomic mass is 35.5. The predicted molar refractivity (Wildman–Crippen MR) is 91.1 cm³/mol. The minimum absolute atomic E-state index is 0. The van der Waals surface area contributed by atoms with Crippen molar-refractivity contribution in [2.24, 2.45) is 5.73 Å². The Balaban J connectivity index is 0.00000225. The van der Waals surface area contributed by atoms with Crippen molar-refractivity contribution >= 4 is 18.1 Å². The van der Waals surface area contributed by atoms with Gasteiger partial charge in [-0.25, -0.2) is 0 Å². The number of benzene rings is 1.